The van der Waals surface area contributed by atoms with E-state index in [9.17, 15) is 13.6 Å². The van der Waals surface area contributed by atoms with Gasteiger partial charge in [0.25, 0.3) is 0 Å². The lowest BCUT2D eigenvalue weighted by molar-refractivity contribution is -0.0892. The highest BCUT2D eigenvalue weighted by Crippen LogP contribution is 2.33. The minimum absolute atomic E-state index is 0.0896. The Morgan fingerprint density at radius 3 is 2.25 bits per heavy atom. The maximum absolute atomic E-state index is 13.0. The van der Waals surface area contributed by atoms with Gasteiger partial charge in [-0.1, -0.05) is 13.8 Å². The molecule has 6 nitrogen and oxygen atoms in total. The van der Waals surface area contributed by atoms with E-state index in [0.29, 0.717) is 13.1 Å². The molecule has 2 heterocycles. The summed E-state index contributed by atoms with van der Waals surface area (Å²) in [6, 6.07) is 8.71. The summed E-state index contributed by atoms with van der Waals surface area (Å²) in [4.78, 5) is 14.1. The predicted octanol–water partition coefficient (Wildman–Crippen LogP) is 6.05. The van der Waals surface area contributed by atoms with Crippen molar-refractivity contribution < 1.29 is 23.0 Å². The second-order valence-corrected chi connectivity index (χ2v) is 10.1. The van der Waals surface area contributed by atoms with E-state index in [-0.39, 0.29) is 23.8 Å². The molecular formula is C23H32F2N3O3P. The molecule has 0 radical (unpaired) electrons. The molecule has 2 aromatic rings. The summed E-state index contributed by atoms with van der Waals surface area (Å²) in [7, 11) is 1.36. The van der Waals surface area contributed by atoms with Crippen LogP contribution in [-0.4, -0.2) is 45.3 Å². The number of ether oxygens (including phenoxy) is 2. The molecule has 9 heteroatoms. The van der Waals surface area contributed by atoms with Crippen molar-refractivity contribution in [1.29, 1.82) is 0 Å². The van der Waals surface area contributed by atoms with Gasteiger partial charge in [-0.3, -0.25) is 4.68 Å². The van der Waals surface area contributed by atoms with Crippen molar-refractivity contribution >= 4 is 15.3 Å². The van der Waals surface area contributed by atoms with Gasteiger partial charge in [-0.2, -0.15) is 13.9 Å². The average molecular weight is 467 g/mol. The van der Waals surface area contributed by atoms with Crippen molar-refractivity contribution in [3.05, 3.63) is 36.0 Å². The number of carbonyl (C=O) groups excluding carboxylic acids is 1. The van der Waals surface area contributed by atoms with Gasteiger partial charge in [-0.15, -0.1) is 0 Å². The lowest BCUT2D eigenvalue weighted by Crippen LogP contribution is -2.42. The maximum atomic E-state index is 13.0. The molecule has 1 aromatic heterocycles. The Morgan fingerprint density at radius 1 is 1.16 bits per heavy atom. The van der Waals surface area contributed by atoms with Gasteiger partial charge in [0.1, 0.15) is 11.4 Å². The van der Waals surface area contributed by atoms with E-state index in [1.54, 1.807) is 17.0 Å². The van der Waals surface area contributed by atoms with E-state index < -0.39 is 11.5 Å². The minimum Gasteiger partial charge on any atom is -0.444 e. The lowest BCUT2D eigenvalue weighted by Gasteiger charge is -2.34. The van der Waals surface area contributed by atoms with Gasteiger partial charge in [-0.25, -0.2) is 4.79 Å². The third kappa shape index (κ3) is 6.41. The van der Waals surface area contributed by atoms with E-state index in [0.717, 1.165) is 29.8 Å². The summed E-state index contributed by atoms with van der Waals surface area (Å²) in [5, 5.41) is 4.85. The number of benzene rings is 1. The fourth-order valence-corrected chi connectivity index (χ4v) is 3.88. The molecule has 1 atom stereocenters. The first kappa shape index (κ1) is 24.4. The first-order valence-corrected chi connectivity index (χ1v) is 11.4. The summed E-state index contributed by atoms with van der Waals surface area (Å²) in [5.41, 5.74) is 2.21. The van der Waals surface area contributed by atoms with Gasteiger partial charge >= 0.3 is 11.9 Å². The number of carbonyl (C=O) groups is 1. The standard InChI is InChI=1S/C23H32F2N3O3P/c1-15(2)20-14-19(16-6-8-18(9-7-16)30-23(24,25)32)26-28(20)17-10-12-27(13-11-17)21(29)31-22(3,4)5/h6-9,14-15,17H,10-13,32H2,1-5H3. The molecule has 1 aliphatic heterocycles. The highest BCUT2D eigenvalue weighted by Gasteiger charge is 2.29. The van der Waals surface area contributed by atoms with E-state index in [4.69, 9.17) is 9.84 Å². The largest absolute Gasteiger partial charge is 0.444 e. The number of hydrogen-bond acceptors (Lipinski definition) is 4. The summed E-state index contributed by atoms with van der Waals surface area (Å²) in [6.45, 7) is 11.1. The predicted molar refractivity (Wildman–Crippen MR) is 123 cm³/mol. The van der Waals surface area contributed by atoms with Crippen molar-refractivity contribution in [2.24, 2.45) is 0 Å². The zero-order chi connectivity index (χ0) is 23.7. The second-order valence-electron chi connectivity index (χ2n) is 9.44. The topological polar surface area (TPSA) is 56.6 Å². The number of likely N-dealkylation sites (tertiary alicyclic amines) is 1. The molecule has 0 saturated carbocycles. The van der Waals surface area contributed by atoms with Crippen LogP contribution in [0.5, 0.6) is 5.75 Å². The van der Waals surface area contributed by atoms with E-state index in [1.165, 1.54) is 21.4 Å². The van der Waals surface area contributed by atoms with Crippen molar-refractivity contribution in [2.75, 3.05) is 13.1 Å². The number of halogens is 2. The molecule has 0 aliphatic carbocycles. The molecule has 3 rings (SSSR count). The SMILES string of the molecule is CC(C)c1cc(-c2ccc(OC(F)(F)P)cc2)nn1C1CCN(C(=O)OC(C)(C)C)CC1. The number of amides is 1. The zero-order valence-electron chi connectivity index (χ0n) is 19.3. The quantitative estimate of drug-likeness (QED) is 0.503. The van der Waals surface area contributed by atoms with Crippen molar-refractivity contribution in [3.8, 4) is 17.0 Å². The van der Waals surface area contributed by atoms with Crippen LogP contribution < -0.4 is 4.74 Å². The average Bonchev–Trinajstić information content (AvgIpc) is 3.12. The van der Waals surface area contributed by atoms with Gasteiger partial charge < -0.3 is 14.4 Å². The van der Waals surface area contributed by atoms with E-state index in [2.05, 4.69) is 23.3 Å². The number of piperidine rings is 1. The van der Waals surface area contributed by atoms with Crippen LogP contribution in [0.1, 0.15) is 65.1 Å². The minimum atomic E-state index is -3.30. The van der Waals surface area contributed by atoms with Crippen LogP contribution in [0.3, 0.4) is 0 Å². The summed E-state index contributed by atoms with van der Waals surface area (Å²) in [5.74, 6) is -2.95. The normalized spacial score (nSPS) is 15.8. The Kier molecular flexibility index (Phi) is 7.13. The van der Waals surface area contributed by atoms with Crippen molar-refractivity contribution in [3.63, 3.8) is 0 Å². The Morgan fingerprint density at radius 2 is 1.75 bits per heavy atom. The van der Waals surface area contributed by atoms with E-state index >= 15 is 0 Å². The van der Waals surface area contributed by atoms with Gasteiger partial charge in [0.15, 0.2) is 0 Å². The Balaban J connectivity index is 1.74. The lowest BCUT2D eigenvalue weighted by atomic mass is 10.0. The summed E-state index contributed by atoms with van der Waals surface area (Å²) < 4.78 is 38.2. The van der Waals surface area contributed by atoms with Gasteiger partial charge in [0.2, 0.25) is 0 Å². The highest BCUT2D eigenvalue weighted by atomic mass is 31.0. The molecule has 1 aromatic carbocycles. The Labute approximate surface area is 190 Å². The van der Waals surface area contributed by atoms with Crippen molar-refractivity contribution in [2.45, 2.75) is 70.9 Å². The Bertz CT molecular complexity index is 925. The third-order valence-electron chi connectivity index (χ3n) is 5.22. The molecule has 1 unspecified atom stereocenters. The molecule has 1 fully saturated rings. The molecule has 0 N–H and O–H groups in total. The monoisotopic (exact) mass is 467 g/mol. The highest BCUT2D eigenvalue weighted by molar-refractivity contribution is 7.17. The summed E-state index contributed by atoms with van der Waals surface area (Å²) >= 11 is 0. The van der Waals surface area contributed by atoms with Crippen LogP contribution in [0.4, 0.5) is 13.6 Å². The Hall–Kier alpha value is -2.21. The molecule has 1 amide bonds. The molecule has 1 aliphatic rings. The number of aromatic nitrogens is 2. The van der Waals surface area contributed by atoms with Crippen LogP contribution >= 0.6 is 9.24 Å². The molecule has 0 bridgehead atoms. The van der Waals surface area contributed by atoms with E-state index in [1.807, 2.05) is 26.8 Å². The van der Waals surface area contributed by atoms with Gasteiger partial charge in [0, 0.05) is 24.3 Å². The van der Waals surface area contributed by atoms with Crippen LogP contribution in [0.25, 0.3) is 11.3 Å². The van der Waals surface area contributed by atoms with Gasteiger partial charge in [0.05, 0.1) is 11.7 Å². The smallest absolute Gasteiger partial charge is 0.410 e. The third-order valence-corrected chi connectivity index (χ3v) is 5.34. The molecule has 1 saturated heterocycles. The zero-order valence-corrected chi connectivity index (χ0v) is 20.4. The molecule has 0 spiro atoms. The summed E-state index contributed by atoms with van der Waals surface area (Å²) in [6.07, 6.45) is 1.30. The van der Waals surface area contributed by atoms with Crippen molar-refractivity contribution in [1.82, 2.24) is 14.7 Å². The molecule has 176 valence electrons. The first-order valence-electron chi connectivity index (χ1n) is 10.9. The number of hydrogen-bond donors (Lipinski definition) is 0. The van der Waals surface area contributed by atoms with Crippen LogP contribution in [0, 0.1) is 0 Å². The molecular weight excluding hydrogens is 435 g/mol. The van der Waals surface area contributed by atoms with Crippen LogP contribution in [-0.2, 0) is 4.74 Å². The fraction of sp³-hybridized carbons (Fsp3) is 0.565. The first-order chi connectivity index (χ1) is 14.8. The number of rotatable bonds is 5. The van der Waals surface area contributed by atoms with Crippen LogP contribution in [0.2, 0.25) is 0 Å². The molecule has 32 heavy (non-hydrogen) atoms. The number of nitrogens with zero attached hydrogens (tertiary/aromatic N) is 3. The maximum Gasteiger partial charge on any atom is 0.410 e. The number of alkyl halides is 2. The van der Waals surface area contributed by atoms with Crippen LogP contribution in [0.15, 0.2) is 30.3 Å². The second kappa shape index (κ2) is 9.34. The van der Waals surface area contributed by atoms with Gasteiger partial charge in [-0.05, 0) is 79.1 Å². The fourth-order valence-electron chi connectivity index (χ4n) is 3.74.